The average Bonchev–Trinajstić information content (AvgIpc) is 3.13. The lowest BCUT2D eigenvalue weighted by atomic mass is 9.93. The predicted octanol–water partition coefficient (Wildman–Crippen LogP) is -8.49. The average molecular weight is 815 g/mol. The van der Waals surface area contributed by atoms with Crippen molar-refractivity contribution in [2.45, 2.75) is 144 Å². The summed E-state index contributed by atoms with van der Waals surface area (Å²) in [5, 5.41) is 106. The van der Waals surface area contributed by atoms with Gasteiger partial charge in [-0.25, -0.2) is 0 Å². The Morgan fingerprint density at radius 2 is 0.821 bits per heavy atom. The van der Waals surface area contributed by atoms with E-state index in [1.807, 2.05) is 0 Å². The van der Waals surface area contributed by atoms with Gasteiger partial charge in [-0.2, -0.15) is 0 Å². The van der Waals surface area contributed by atoms with E-state index in [0.717, 1.165) is 20.8 Å². The van der Waals surface area contributed by atoms with Gasteiger partial charge in [0.2, 0.25) is 23.6 Å². The standard InChI is InChI=1S/C32H54N4O20/c1-10(41)33-14-9-50-16(6-38)27(22(14)45)54-31-20(35-12(3)43)25(48)29(18(8-40)52-31)56-32-21(36-13(4)44)26(49)28(17(7-39)53-32)55-30-19(34-11(2)42)24(47)23(46)15(5-37)51-30/h14-32,37-40,45-49H,5-9H2,1-4H3,(H,33,41)(H,34,42)(H,35,43)(H,36,44)/t14-,15+,16+,17+,18+,19+,20+,21+,22+,23+,24+,25+,26+,27+,28+,29+,30-,31-,32-/m0/s1. The van der Waals surface area contributed by atoms with Gasteiger partial charge in [0.15, 0.2) is 18.9 Å². The van der Waals surface area contributed by atoms with Crippen LogP contribution < -0.4 is 21.3 Å². The molecule has 24 nitrogen and oxygen atoms in total. The maximum atomic E-state index is 12.4. The van der Waals surface area contributed by atoms with Crippen LogP contribution in [0.1, 0.15) is 27.7 Å². The summed E-state index contributed by atoms with van der Waals surface area (Å²) in [7, 11) is 0. The van der Waals surface area contributed by atoms with Crippen molar-refractivity contribution in [3.8, 4) is 0 Å². The molecule has 0 bridgehead atoms. The first-order valence-electron chi connectivity index (χ1n) is 17.9. The number of hydrogen-bond donors (Lipinski definition) is 13. The number of carbonyl (C=O) groups excluding carboxylic acids is 4. The Kier molecular flexibility index (Phi) is 16.6. The summed E-state index contributed by atoms with van der Waals surface area (Å²) in [4.78, 5) is 48.4. The summed E-state index contributed by atoms with van der Waals surface area (Å²) in [6.07, 6.45) is -24.0. The Morgan fingerprint density at radius 3 is 1.18 bits per heavy atom. The third-order valence-electron chi connectivity index (χ3n) is 9.74. The Labute approximate surface area is 320 Å². The van der Waals surface area contributed by atoms with Gasteiger partial charge in [-0.3, -0.25) is 19.2 Å². The summed E-state index contributed by atoms with van der Waals surface area (Å²) in [5.41, 5.74) is 0. The normalized spacial score (nSPS) is 43.0. The van der Waals surface area contributed by atoms with Gasteiger partial charge in [0.1, 0.15) is 91.4 Å². The highest BCUT2D eigenvalue weighted by Gasteiger charge is 2.55. The summed E-state index contributed by atoms with van der Waals surface area (Å²) >= 11 is 0. The molecular weight excluding hydrogens is 760 g/mol. The number of ether oxygens (including phenoxy) is 7. The number of aliphatic hydroxyl groups is 9. The van der Waals surface area contributed by atoms with E-state index in [0.29, 0.717) is 0 Å². The molecule has 0 unspecified atom stereocenters. The topological polar surface area (TPSA) is 363 Å². The van der Waals surface area contributed by atoms with Crippen molar-refractivity contribution in [1.29, 1.82) is 0 Å². The molecule has 19 atom stereocenters. The number of hydrogen-bond acceptors (Lipinski definition) is 20. The van der Waals surface area contributed by atoms with Crippen LogP contribution in [0.15, 0.2) is 0 Å². The molecule has 0 radical (unpaired) electrons. The molecule has 56 heavy (non-hydrogen) atoms. The maximum Gasteiger partial charge on any atom is 0.217 e. The zero-order valence-corrected chi connectivity index (χ0v) is 31.0. The molecule has 4 aliphatic rings. The summed E-state index contributed by atoms with van der Waals surface area (Å²) in [6.45, 7) is 1.10. The first-order chi connectivity index (χ1) is 26.4. The van der Waals surface area contributed by atoms with Gasteiger partial charge < -0.3 is 100 Å². The fourth-order valence-electron chi connectivity index (χ4n) is 7.11. The van der Waals surface area contributed by atoms with Crippen molar-refractivity contribution < 1.29 is 98.3 Å². The minimum atomic E-state index is -1.86. The van der Waals surface area contributed by atoms with Crippen molar-refractivity contribution in [3.05, 3.63) is 0 Å². The zero-order chi connectivity index (χ0) is 41.6. The molecule has 0 saturated carbocycles. The number of amides is 4. The van der Waals surface area contributed by atoms with Crippen LogP contribution in [-0.2, 0) is 52.3 Å². The molecule has 13 N–H and O–H groups in total. The Hall–Kier alpha value is -2.76. The lowest BCUT2D eigenvalue weighted by Crippen LogP contribution is -2.71. The lowest BCUT2D eigenvalue weighted by Gasteiger charge is -2.50. The number of aliphatic hydroxyl groups excluding tert-OH is 9. The molecular formula is C32H54N4O20. The zero-order valence-electron chi connectivity index (χ0n) is 31.0. The van der Waals surface area contributed by atoms with Crippen molar-refractivity contribution >= 4 is 23.6 Å². The van der Waals surface area contributed by atoms with Crippen LogP contribution in [0.25, 0.3) is 0 Å². The van der Waals surface area contributed by atoms with Crippen LogP contribution in [-0.4, -0.2) is 219 Å². The molecule has 0 spiro atoms. The molecule has 0 aromatic carbocycles. The molecule has 0 aliphatic carbocycles. The summed E-state index contributed by atoms with van der Waals surface area (Å²) in [5.74, 6) is -2.61. The van der Waals surface area contributed by atoms with Gasteiger partial charge in [-0.1, -0.05) is 0 Å². The highest BCUT2D eigenvalue weighted by Crippen LogP contribution is 2.34. The molecule has 4 heterocycles. The van der Waals surface area contributed by atoms with Gasteiger partial charge in [0.05, 0.1) is 39.1 Å². The van der Waals surface area contributed by atoms with Gasteiger partial charge in [-0.05, 0) is 0 Å². The molecule has 4 aliphatic heterocycles. The quantitative estimate of drug-likeness (QED) is 0.0774. The summed E-state index contributed by atoms with van der Waals surface area (Å²) < 4.78 is 41.0. The minimum absolute atomic E-state index is 0.189. The van der Waals surface area contributed by atoms with E-state index >= 15 is 0 Å². The maximum absolute atomic E-state index is 12.4. The van der Waals surface area contributed by atoms with E-state index in [1.165, 1.54) is 6.92 Å². The second-order valence-electron chi connectivity index (χ2n) is 14.0. The monoisotopic (exact) mass is 814 g/mol. The van der Waals surface area contributed by atoms with Gasteiger partial charge in [-0.15, -0.1) is 0 Å². The third kappa shape index (κ3) is 10.6. The van der Waals surface area contributed by atoms with Gasteiger partial charge >= 0.3 is 0 Å². The SMILES string of the molecule is CC(=O)N[C@H]1[C@H](O[C@H]2[C@H](O)[C@@H](NC(C)=O)CO[C@@H]2CO)O[C@H](CO)[C@@H](O[C@@H]2O[C@H](CO)[C@@H](O[C@@H]3O[C@H](CO)[C@@H](O)[C@H](O)[C@H]3NC(C)=O)[C@H](O)[C@H]2NC(C)=O)[C@@H]1O. The largest absolute Gasteiger partial charge is 0.394 e. The Morgan fingerprint density at radius 1 is 0.482 bits per heavy atom. The van der Waals surface area contributed by atoms with Crippen LogP contribution in [0.3, 0.4) is 0 Å². The molecule has 4 amide bonds. The van der Waals surface area contributed by atoms with E-state index in [9.17, 15) is 65.1 Å². The van der Waals surface area contributed by atoms with Crippen molar-refractivity contribution in [3.63, 3.8) is 0 Å². The third-order valence-corrected chi connectivity index (χ3v) is 9.74. The van der Waals surface area contributed by atoms with E-state index in [4.69, 9.17) is 33.2 Å². The number of rotatable bonds is 14. The van der Waals surface area contributed by atoms with Crippen molar-refractivity contribution in [2.24, 2.45) is 0 Å². The highest BCUT2D eigenvalue weighted by atomic mass is 16.8. The van der Waals surface area contributed by atoms with Crippen LogP contribution in [0.2, 0.25) is 0 Å². The smallest absolute Gasteiger partial charge is 0.217 e. The van der Waals surface area contributed by atoms with E-state index in [1.54, 1.807) is 0 Å². The molecule has 24 heteroatoms. The van der Waals surface area contributed by atoms with Crippen molar-refractivity contribution in [2.75, 3.05) is 33.0 Å². The lowest BCUT2D eigenvalue weighted by molar-refractivity contribution is -0.358. The van der Waals surface area contributed by atoms with Crippen LogP contribution in [0.5, 0.6) is 0 Å². The second-order valence-corrected chi connectivity index (χ2v) is 14.0. The number of carbonyl (C=O) groups is 4. The first-order valence-corrected chi connectivity index (χ1v) is 17.9. The molecule has 322 valence electrons. The van der Waals surface area contributed by atoms with E-state index in [2.05, 4.69) is 21.3 Å². The van der Waals surface area contributed by atoms with Crippen LogP contribution in [0.4, 0.5) is 0 Å². The fourth-order valence-corrected chi connectivity index (χ4v) is 7.11. The molecule has 4 rings (SSSR count). The Balaban J connectivity index is 1.60. The molecule has 0 aromatic rings. The van der Waals surface area contributed by atoms with E-state index < -0.39 is 166 Å². The fraction of sp³-hybridized carbons (Fsp3) is 0.875. The molecule has 0 aromatic heterocycles. The van der Waals surface area contributed by atoms with E-state index in [-0.39, 0.29) is 6.61 Å². The highest BCUT2D eigenvalue weighted by molar-refractivity contribution is 5.74. The predicted molar refractivity (Wildman–Crippen MR) is 179 cm³/mol. The number of nitrogens with one attached hydrogen (secondary N) is 4. The Bertz CT molecular complexity index is 1340. The van der Waals surface area contributed by atoms with Gasteiger partial charge in [0.25, 0.3) is 0 Å². The second kappa shape index (κ2) is 20.3. The molecule has 4 fully saturated rings. The first kappa shape index (κ1) is 45.9. The van der Waals surface area contributed by atoms with Crippen LogP contribution in [0, 0.1) is 0 Å². The van der Waals surface area contributed by atoms with Crippen molar-refractivity contribution in [1.82, 2.24) is 21.3 Å². The summed E-state index contributed by atoms with van der Waals surface area (Å²) in [6, 6.07) is -5.56. The minimum Gasteiger partial charge on any atom is -0.394 e. The van der Waals surface area contributed by atoms with Crippen LogP contribution >= 0.6 is 0 Å². The van der Waals surface area contributed by atoms with Gasteiger partial charge in [0, 0.05) is 27.7 Å². The molecule has 4 saturated heterocycles.